The molecule has 1 atom stereocenters. The van der Waals surface area contributed by atoms with Crippen molar-refractivity contribution >= 4 is 5.91 Å². The summed E-state index contributed by atoms with van der Waals surface area (Å²) in [6.45, 7) is 15.1. The summed E-state index contributed by atoms with van der Waals surface area (Å²) in [7, 11) is 0. The lowest BCUT2D eigenvalue weighted by atomic mass is 9.80. The quantitative estimate of drug-likeness (QED) is 0.845. The first-order valence-corrected chi connectivity index (χ1v) is 7.44. The number of nitrogens with two attached hydrogens (primary N) is 1. The fraction of sp³-hybridized carbons (Fsp3) is 0.933. The summed E-state index contributed by atoms with van der Waals surface area (Å²) in [6.07, 6.45) is 0.976. The molecular formula is C15H31N3O. The zero-order chi connectivity index (χ0) is 14.8. The summed E-state index contributed by atoms with van der Waals surface area (Å²) < 4.78 is 0. The van der Waals surface area contributed by atoms with Crippen molar-refractivity contribution in [3.8, 4) is 0 Å². The third-order valence-electron chi connectivity index (χ3n) is 4.15. The molecule has 0 bridgehead atoms. The van der Waals surface area contributed by atoms with Gasteiger partial charge in [0.05, 0.1) is 6.54 Å². The van der Waals surface area contributed by atoms with Gasteiger partial charge in [0.25, 0.3) is 0 Å². The number of hydrogen-bond acceptors (Lipinski definition) is 3. The normalized spacial score (nSPS) is 23.9. The standard InChI is InChI=1S/C15H31N3O/c1-11(2)18(12(3)4)14(19)9-17-8-7-13(16)15(5,6)10-17/h11-13H,7-10,16H2,1-6H3. The van der Waals surface area contributed by atoms with E-state index in [1.54, 1.807) is 0 Å². The minimum Gasteiger partial charge on any atom is -0.337 e. The van der Waals surface area contributed by atoms with Gasteiger partial charge in [-0.15, -0.1) is 0 Å². The second-order valence-electron chi connectivity index (χ2n) is 7.08. The molecule has 2 N–H and O–H groups in total. The summed E-state index contributed by atoms with van der Waals surface area (Å²) in [6, 6.07) is 0.755. The maximum absolute atomic E-state index is 12.4. The molecular weight excluding hydrogens is 238 g/mol. The zero-order valence-corrected chi connectivity index (χ0v) is 13.4. The van der Waals surface area contributed by atoms with Crippen molar-refractivity contribution < 1.29 is 4.79 Å². The molecule has 1 rings (SSSR count). The molecule has 1 amide bonds. The van der Waals surface area contributed by atoms with Crippen molar-refractivity contribution in [1.29, 1.82) is 0 Å². The molecule has 0 aliphatic carbocycles. The summed E-state index contributed by atoms with van der Waals surface area (Å²) in [5.74, 6) is 0.233. The van der Waals surface area contributed by atoms with Gasteiger partial charge in [-0.05, 0) is 39.5 Å². The van der Waals surface area contributed by atoms with E-state index >= 15 is 0 Å². The lowest BCUT2D eigenvalue weighted by Crippen LogP contribution is -2.55. The maximum Gasteiger partial charge on any atom is 0.237 e. The first-order valence-electron chi connectivity index (χ1n) is 7.44. The van der Waals surface area contributed by atoms with Crippen molar-refractivity contribution in [2.45, 2.75) is 66.1 Å². The number of piperidine rings is 1. The Morgan fingerprint density at radius 1 is 1.32 bits per heavy atom. The fourth-order valence-electron chi connectivity index (χ4n) is 3.07. The lowest BCUT2D eigenvalue weighted by Gasteiger charge is -2.43. The van der Waals surface area contributed by atoms with Crippen LogP contribution in [-0.4, -0.2) is 53.5 Å². The monoisotopic (exact) mass is 269 g/mol. The van der Waals surface area contributed by atoms with Crippen LogP contribution in [0.2, 0.25) is 0 Å². The van der Waals surface area contributed by atoms with Gasteiger partial charge in [0.1, 0.15) is 0 Å². The average molecular weight is 269 g/mol. The van der Waals surface area contributed by atoms with E-state index in [0.29, 0.717) is 6.54 Å². The molecule has 19 heavy (non-hydrogen) atoms. The maximum atomic E-state index is 12.4. The van der Waals surface area contributed by atoms with Crippen LogP contribution in [0.1, 0.15) is 48.0 Å². The molecule has 4 heteroatoms. The topological polar surface area (TPSA) is 49.6 Å². The first kappa shape index (κ1) is 16.4. The van der Waals surface area contributed by atoms with Gasteiger partial charge in [-0.1, -0.05) is 13.8 Å². The van der Waals surface area contributed by atoms with Crippen LogP contribution >= 0.6 is 0 Å². The van der Waals surface area contributed by atoms with Crippen molar-refractivity contribution in [3.05, 3.63) is 0 Å². The molecule has 0 radical (unpaired) electrons. The molecule has 0 aromatic heterocycles. The van der Waals surface area contributed by atoms with E-state index in [4.69, 9.17) is 5.73 Å². The second kappa shape index (κ2) is 6.23. The van der Waals surface area contributed by atoms with Crippen LogP contribution in [0.3, 0.4) is 0 Å². The van der Waals surface area contributed by atoms with Gasteiger partial charge >= 0.3 is 0 Å². The number of carbonyl (C=O) groups is 1. The van der Waals surface area contributed by atoms with Gasteiger partial charge in [-0.2, -0.15) is 0 Å². The largest absolute Gasteiger partial charge is 0.337 e. The van der Waals surface area contributed by atoms with E-state index in [9.17, 15) is 4.79 Å². The third kappa shape index (κ3) is 4.18. The van der Waals surface area contributed by atoms with E-state index in [1.165, 1.54) is 0 Å². The Kier molecular flexibility index (Phi) is 5.39. The van der Waals surface area contributed by atoms with Gasteiger partial charge in [-0.25, -0.2) is 0 Å². The molecule has 1 fully saturated rings. The van der Waals surface area contributed by atoms with Crippen LogP contribution < -0.4 is 5.73 Å². The number of carbonyl (C=O) groups excluding carboxylic acids is 1. The molecule has 4 nitrogen and oxygen atoms in total. The number of likely N-dealkylation sites (tertiary alicyclic amines) is 1. The predicted octanol–water partition coefficient (Wildman–Crippen LogP) is 1.69. The highest BCUT2D eigenvalue weighted by molar-refractivity contribution is 5.78. The van der Waals surface area contributed by atoms with Gasteiger partial charge in [0.15, 0.2) is 0 Å². The number of rotatable bonds is 4. The van der Waals surface area contributed by atoms with Crippen molar-refractivity contribution in [2.75, 3.05) is 19.6 Å². The molecule has 1 heterocycles. The fourth-order valence-corrected chi connectivity index (χ4v) is 3.07. The molecule has 1 saturated heterocycles. The van der Waals surface area contributed by atoms with Gasteiger partial charge in [0.2, 0.25) is 5.91 Å². The Morgan fingerprint density at radius 2 is 1.84 bits per heavy atom. The Balaban J connectivity index is 2.62. The molecule has 0 aromatic rings. The van der Waals surface area contributed by atoms with Crippen LogP contribution in [-0.2, 0) is 4.79 Å². The van der Waals surface area contributed by atoms with Gasteiger partial charge < -0.3 is 10.6 Å². The lowest BCUT2D eigenvalue weighted by molar-refractivity contribution is -0.136. The third-order valence-corrected chi connectivity index (χ3v) is 4.15. The van der Waals surface area contributed by atoms with Crippen LogP contribution in [0.5, 0.6) is 0 Å². The number of nitrogens with zero attached hydrogens (tertiary/aromatic N) is 2. The van der Waals surface area contributed by atoms with Crippen LogP contribution in [0.4, 0.5) is 0 Å². The number of amides is 1. The summed E-state index contributed by atoms with van der Waals surface area (Å²) in [5.41, 5.74) is 6.24. The van der Waals surface area contributed by atoms with E-state index < -0.39 is 0 Å². The minimum absolute atomic E-state index is 0.0963. The molecule has 112 valence electrons. The van der Waals surface area contributed by atoms with E-state index in [-0.39, 0.29) is 29.4 Å². The SMILES string of the molecule is CC(C)N(C(=O)CN1CCC(N)C(C)(C)C1)C(C)C. The zero-order valence-electron chi connectivity index (χ0n) is 13.4. The smallest absolute Gasteiger partial charge is 0.237 e. The second-order valence-corrected chi connectivity index (χ2v) is 7.08. The van der Waals surface area contributed by atoms with Gasteiger partial charge in [-0.3, -0.25) is 9.69 Å². The molecule has 0 saturated carbocycles. The Hall–Kier alpha value is -0.610. The Labute approximate surface area is 118 Å². The first-order chi connectivity index (χ1) is 8.65. The predicted molar refractivity (Wildman–Crippen MR) is 79.9 cm³/mol. The number of hydrogen-bond donors (Lipinski definition) is 1. The Bertz CT molecular complexity index is 305. The van der Waals surface area contributed by atoms with E-state index in [2.05, 4.69) is 46.4 Å². The van der Waals surface area contributed by atoms with Crippen LogP contribution in [0, 0.1) is 5.41 Å². The molecule has 1 unspecified atom stereocenters. The summed E-state index contributed by atoms with van der Waals surface area (Å²) in [4.78, 5) is 16.7. The highest BCUT2D eigenvalue weighted by atomic mass is 16.2. The highest BCUT2D eigenvalue weighted by Crippen LogP contribution is 2.27. The summed E-state index contributed by atoms with van der Waals surface area (Å²) in [5, 5.41) is 0. The minimum atomic E-state index is 0.0963. The van der Waals surface area contributed by atoms with Gasteiger partial charge in [0, 0.05) is 31.2 Å². The van der Waals surface area contributed by atoms with Crippen molar-refractivity contribution in [1.82, 2.24) is 9.80 Å². The van der Waals surface area contributed by atoms with E-state index in [0.717, 1.165) is 19.5 Å². The van der Waals surface area contributed by atoms with Crippen molar-refractivity contribution in [3.63, 3.8) is 0 Å². The molecule has 1 aliphatic heterocycles. The molecule has 0 spiro atoms. The average Bonchev–Trinajstić information content (AvgIpc) is 2.21. The van der Waals surface area contributed by atoms with Crippen LogP contribution in [0.15, 0.2) is 0 Å². The highest BCUT2D eigenvalue weighted by Gasteiger charge is 2.34. The van der Waals surface area contributed by atoms with Crippen molar-refractivity contribution in [2.24, 2.45) is 11.1 Å². The Morgan fingerprint density at radius 3 is 2.26 bits per heavy atom. The van der Waals surface area contributed by atoms with Crippen LogP contribution in [0.25, 0.3) is 0 Å². The summed E-state index contributed by atoms with van der Waals surface area (Å²) >= 11 is 0. The molecule has 1 aliphatic rings. The van der Waals surface area contributed by atoms with E-state index in [1.807, 2.05) is 4.90 Å². The molecule has 0 aromatic carbocycles.